The summed E-state index contributed by atoms with van der Waals surface area (Å²) in [5.74, 6) is 0.149. The summed E-state index contributed by atoms with van der Waals surface area (Å²) in [6, 6.07) is 8.98. The molecule has 0 atom stereocenters. The molecule has 4 heteroatoms. The molecule has 16 heavy (non-hydrogen) atoms. The van der Waals surface area contributed by atoms with Crippen LogP contribution in [0.4, 0.5) is 0 Å². The third-order valence-electron chi connectivity index (χ3n) is 1.52. The van der Waals surface area contributed by atoms with Crippen LogP contribution in [0.3, 0.4) is 0 Å². The molecule has 0 saturated heterocycles. The minimum absolute atomic E-state index is 0.157. The van der Waals surface area contributed by atoms with Gasteiger partial charge in [0.15, 0.2) is 0 Å². The second-order valence-corrected chi connectivity index (χ2v) is 2.84. The number of carbonyl (C=O) groups excluding carboxylic acids is 2. The van der Waals surface area contributed by atoms with Gasteiger partial charge in [-0.15, -0.1) is 0 Å². The highest BCUT2D eigenvalue weighted by Gasteiger charge is 1.93. The Morgan fingerprint density at radius 3 is 2.06 bits per heavy atom. The second-order valence-electron chi connectivity index (χ2n) is 2.84. The molecule has 0 unspecified atom stereocenters. The van der Waals surface area contributed by atoms with E-state index in [0.29, 0.717) is 12.2 Å². The molecule has 0 amide bonds. The second kappa shape index (κ2) is 8.47. The van der Waals surface area contributed by atoms with Crippen molar-refractivity contribution in [1.29, 1.82) is 0 Å². The Hall–Kier alpha value is -1.84. The standard InChI is InChI=1S/C8H8O2.C4H8O2/c1-7(9)10-8-5-3-2-4-6-8;1-3-4(5)6-2/h2-6H,1H3;3H2,1-2H3. The SMILES string of the molecule is CC(=O)Oc1ccccc1.CCC(=O)OC. The summed E-state index contributed by atoms with van der Waals surface area (Å²) in [7, 11) is 1.38. The molecule has 1 aromatic rings. The van der Waals surface area contributed by atoms with Crippen LogP contribution in [-0.4, -0.2) is 19.0 Å². The van der Waals surface area contributed by atoms with E-state index in [1.807, 2.05) is 18.2 Å². The normalized spacial score (nSPS) is 8.44. The third-order valence-corrected chi connectivity index (χ3v) is 1.52. The highest BCUT2D eigenvalue weighted by Crippen LogP contribution is 2.07. The van der Waals surface area contributed by atoms with Gasteiger partial charge in [0.2, 0.25) is 0 Å². The molecule has 0 heterocycles. The first-order valence-electron chi connectivity index (χ1n) is 4.90. The Morgan fingerprint density at radius 1 is 1.19 bits per heavy atom. The number of carbonyl (C=O) groups is 2. The van der Waals surface area contributed by atoms with Crippen LogP contribution in [0, 0.1) is 0 Å². The van der Waals surface area contributed by atoms with E-state index in [-0.39, 0.29) is 11.9 Å². The monoisotopic (exact) mass is 224 g/mol. The molecule has 0 aliphatic heterocycles. The fourth-order valence-corrected chi connectivity index (χ4v) is 0.799. The van der Waals surface area contributed by atoms with Crippen molar-refractivity contribution in [2.45, 2.75) is 20.3 Å². The molecule has 0 aliphatic carbocycles. The maximum Gasteiger partial charge on any atom is 0.308 e. The van der Waals surface area contributed by atoms with E-state index in [0.717, 1.165) is 0 Å². The molecule has 0 aromatic heterocycles. The fourth-order valence-electron chi connectivity index (χ4n) is 0.799. The summed E-state index contributed by atoms with van der Waals surface area (Å²) in [5.41, 5.74) is 0. The van der Waals surface area contributed by atoms with Crippen LogP contribution < -0.4 is 4.74 Å². The first kappa shape index (κ1) is 14.2. The average molecular weight is 224 g/mol. The van der Waals surface area contributed by atoms with Crippen LogP contribution in [0.15, 0.2) is 30.3 Å². The summed E-state index contributed by atoms with van der Waals surface area (Å²) in [6.07, 6.45) is 0.469. The lowest BCUT2D eigenvalue weighted by atomic mass is 10.3. The Bertz CT molecular complexity index is 313. The molecular weight excluding hydrogens is 208 g/mol. The van der Waals surface area contributed by atoms with E-state index in [1.54, 1.807) is 19.1 Å². The van der Waals surface area contributed by atoms with Gasteiger partial charge < -0.3 is 9.47 Å². The zero-order chi connectivity index (χ0) is 12.4. The maximum atomic E-state index is 10.4. The van der Waals surface area contributed by atoms with Gasteiger partial charge in [-0.25, -0.2) is 0 Å². The van der Waals surface area contributed by atoms with Crippen molar-refractivity contribution >= 4 is 11.9 Å². The van der Waals surface area contributed by atoms with Gasteiger partial charge in [-0.1, -0.05) is 25.1 Å². The number of para-hydroxylation sites is 1. The molecule has 0 fully saturated rings. The van der Waals surface area contributed by atoms with Gasteiger partial charge in [0.25, 0.3) is 0 Å². The smallest absolute Gasteiger partial charge is 0.308 e. The molecule has 4 nitrogen and oxygen atoms in total. The lowest BCUT2D eigenvalue weighted by Gasteiger charge is -1.97. The summed E-state index contributed by atoms with van der Waals surface area (Å²) in [4.78, 5) is 20.3. The number of rotatable bonds is 2. The number of ether oxygens (including phenoxy) is 2. The van der Waals surface area contributed by atoms with E-state index in [1.165, 1.54) is 14.0 Å². The number of benzene rings is 1. The Kier molecular flexibility index (Phi) is 7.49. The van der Waals surface area contributed by atoms with Gasteiger partial charge >= 0.3 is 11.9 Å². The van der Waals surface area contributed by atoms with Gasteiger partial charge in [0.05, 0.1) is 7.11 Å². The summed E-state index contributed by atoms with van der Waals surface area (Å²) < 4.78 is 9.04. The van der Waals surface area contributed by atoms with E-state index < -0.39 is 0 Å². The average Bonchev–Trinajstić information content (AvgIpc) is 2.29. The molecule has 0 saturated carbocycles. The molecule has 1 aromatic carbocycles. The van der Waals surface area contributed by atoms with Gasteiger partial charge in [0.1, 0.15) is 5.75 Å². The van der Waals surface area contributed by atoms with Crippen LogP contribution in [0.1, 0.15) is 20.3 Å². The van der Waals surface area contributed by atoms with Crippen molar-refractivity contribution in [3.8, 4) is 5.75 Å². The summed E-state index contributed by atoms with van der Waals surface area (Å²) >= 11 is 0. The minimum atomic E-state index is -0.286. The Morgan fingerprint density at radius 2 is 1.75 bits per heavy atom. The number of hydrogen-bond donors (Lipinski definition) is 0. The quantitative estimate of drug-likeness (QED) is 0.570. The predicted octanol–water partition coefficient (Wildman–Crippen LogP) is 2.18. The molecule has 88 valence electrons. The van der Waals surface area contributed by atoms with Crippen molar-refractivity contribution in [3.63, 3.8) is 0 Å². The van der Waals surface area contributed by atoms with Crippen molar-refractivity contribution < 1.29 is 19.1 Å². The summed E-state index contributed by atoms with van der Waals surface area (Å²) in [5, 5.41) is 0. The van der Waals surface area contributed by atoms with E-state index in [2.05, 4.69) is 4.74 Å². The van der Waals surface area contributed by atoms with E-state index in [9.17, 15) is 9.59 Å². The van der Waals surface area contributed by atoms with Crippen molar-refractivity contribution in [3.05, 3.63) is 30.3 Å². The lowest BCUT2D eigenvalue weighted by Crippen LogP contribution is -2.00. The number of methoxy groups -OCH3 is 1. The van der Waals surface area contributed by atoms with Crippen LogP contribution in [0.5, 0.6) is 5.75 Å². The van der Waals surface area contributed by atoms with E-state index in [4.69, 9.17) is 4.74 Å². The maximum absolute atomic E-state index is 10.4. The van der Waals surface area contributed by atoms with Gasteiger partial charge in [-0.2, -0.15) is 0 Å². The topological polar surface area (TPSA) is 52.6 Å². The molecule has 0 spiro atoms. The van der Waals surface area contributed by atoms with Crippen LogP contribution >= 0.6 is 0 Å². The highest BCUT2D eigenvalue weighted by molar-refractivity contribution is 5.69. The van der Waals surface area contributed by atoms with E-state index >= 15 is 0 Å². The van der Waals surface area contributed by atoms with Crippen molar-refractivity contribution in [2.24, 2.45) is 0 Å². The van der Waals surface area contributed by atoms with Gasteiger partial charge in [0, 0.05) is 13.3 Å². The van der Waals surface area contributed by atoms with Gasteiger partial charge in [-0.3, -0.25) is 9.59 Å². The Labute approximate surface area is 95.2 Å². The Balaban J connectivity index is 0.000000325. The number of esters is 2. The minimum Gasteiger partial charge on any atom is -0.469 e. The third kappa shape index (κ3) is 7.55. The van der Waals surface area contributed by atoms with Gasteiger partial charge in [-0.05, 0) is 12.1 Å². The molecule has 0 radical (unpaired) electrons. The lowest BCUT2D eigenvalue weighted by molar-refractivity contribution is -0.140. The van der Waals surface area contributed by atoms with Crippen molar-refractivity contribution in [2.75, 3.05) is 7.11 Å². The van der Waals surface area contributed by atoms with Crippen LogP contribution in [0.2, 0.25) is 0 Å². The summed E-state index contributed by atoms with van der Waals surface area (Å²) in [6.45, 7) is 3.14. The van der Waals surface area contributed by atoms with Crippen molar-refractivity contribution in [1.82, 2.24) is 0 Å². The number of hydrogen-bond acceptors (Lipinski definition) is 4. The largest absolute Gasteiger partial charge is 0.469 e. The molecule has 0 aliphatic rings. The zero-order valence-corrected chi connectivity index (χ0v) is 9.73. The zero-order valence-electron chi connectivity index (χ0n) is 9.73. The van der Waals surface area contributed by atoms with Crippen LogP contribution in [-0.2, 0) is 14.3 Å². The first-order valence-corrected chi connectivity index (χ1v) is 4.90. The predicted molar refractivity (Wildman–Crippen MR) is 60.1 cm³/mol. The molecule has 0 N–H and O–H groups in total. The molecule has 0 bridgehead atoms. The first-order chi connectivity index (χ1) is 7.60. The highest BCUT2D eigenvalue weighted by atomic mass is 16.5. The molecular formula is C12H16O4. The van der Waals surface area contributed by atoms with Crippen LogP contribution in [0.25, 0.3) is 0 Å². The fraction of sp³-hybridized carbons (Fsp3) is 0.333. The molecule has 1 rings (SSSR count).